The zero-order chi connectivity index (χ0) is 19.0. The Hall–Kier alpha value is -2.86. The second-order valence-electron chi connectivity index (χ2n) is 5.91. The minimum Gasteiger partial charge on any atom is -0.505 e. The van der Waals surface area contributed by atoms with Gasteiger partial charge in [-0.15, -0.1) is 9.24 Å². The maximum absolute atomic E-state index is 12.8. The maximum atomic E-state index is 12.8. The number of carbonyl (C=O) groups excluding carboxylic acids is 2. The average Bonchev–Trinajstić information content (AvgIpc) is 2.59. The molecule has 1 aliphatic rings. The van der Waals surface area contributed by atoms with Crippen LogP contribution in [0, 0.1) is 0 Å². The number of aryl methyl sites for hydroxylation is 1. The van der Waals surface area contributed by atoms with Gasteiger partial charge in [0.05, 0.1) is 5.69 Å². The SMILES string of the molecule is Cn1nc(C(O)=C2C(=O)CCCC2=O)c(=O)n(-c2ccc(P)cc2)c1=O. The van der Waals surface area contributed by atoms with Crippen LogP contribution in [-0.4, -0.2) is 31.0 Å². The summed E-state index contributed by atoms with van der Waals surface area (Å²) in [6, 6.07) is 6.52. The first kappa shape index (κ1) is 17.9. The normalized spacial score (nSPS) is 14.6. The molecule has 0 bridgehead atoms. The van der Waals surface area contributed by atoms with Crippen LogP contribution in [-0.2, 0) is 16.6 Å². The first-order chi connectivity index (χ1) is 12.3. The molecule has 1 unspecified atom stereocenters. The van der Waals surface area contributed by atoms with Gasteiger partial charge in [0.15, 0.2) is 23.0 Å². The van der Waals surface area contributed by atoms with E-state index in [4.69, 9.17) is 0 Å². The lowest BCUT2D eigenvalue weighted by molar-refractivity contribution is -0.123. The lowest BCUT2D eigenvalue weighted by Gasteiger charge is -2.14. The van der Waals surface area contributed by atoms with E-state index in [-0.39, 0.29) is 18.5 Å². The first-order valence-corrected chi connectivity index (χ1v) is 8.45. The summed E-state index contributed by atoms with van der Waals surface area (Å²) in [5.41, 5.74) is -2.27. The van der Waals surface area contributed by atoms with Crippen molar-refractivity contribution >= 4 is 31.9 Å². The number of allylic oxidation sites excluding steroid dienone is 1. The highest BCUT2D eigenvalue weighted by atomic mass is 31.0. The fraction of sp³-hybridized carbons (Fsp3) is 0.235. The second kappa shape index (κ2) is 6.80. The van der Waals surface area contributed by atoms with Crippen LogP contribution in [0.3, 0.4) is 0 Å². The van der Waals surface area contributed by atoms with Gasteiger partial charge in [-0.2, -0.15) is 5.10 Å². The number of aliphatic hydroxyl groups excluding tert-OH is 1. The molecule has 8 nitrogen and oxygen atoms in total. The Morgan fingerprint density at radius 3 is 2.23 bits per heavy atom. The molecule has 0 aliphatic heterocycles. The molecule has 1 aliphatic carbocycles. The Labute approximate surface area is 150 Å². The van der Waals surface area contributed by atoms with Crippen molar-refractivity contribution in [3.05, 3.63) is 56.4 Å². The van der Waals surface area contributed by atoms with Crippen molar-refractivity contribution in [1.82, 2.24) is 14.3 Å². The standard InChI is InChI=1S/C17H16N3O5P/c1-19-17(25)20(9-5-7-10(26)8-6-9)16(24)14(18-19)15(23)13-11(21)3-2-4-12(13)22/h5-8,23H,2-4,26H2,1H3. The number of aliphatic hydroxyl groups is 1. The molecule has 1 aromatic carbocycles. The summed E-state index contributed by atoms with van der Waals surface area (Å²) in [6.07, 6.45) is 0.627. The van der Waals surface area contributed by atoms with Crippen LogP contribution in [0.5, 0.6) is 0 Å². The highest BCUT2D eigenvalue weighted by molar-refractivity contribution is 7.27. The van der Waals surface area contributed by atoms with E-state index >= 15 is 0 Å². The van der Waals surface area contributed by atoms with Crippen LogP contribution in [0.15, 0.2) is 39.4 Å². The van der Waals surface area contributed by atoms with Crippen molar-refractivity contribution in [2.45, 2.75) is 19.3 Å². The summed E-state index contributed by atoms with van der Waals surface area (Å²) in [7, 11) is 3.80. The molecule has 1 heterocycles. The molecular weight excluding hydrogens is 357 g/mol. The molecule has 0 radical (unpaired) electrons. The van der Waals surface area contributed by atoms with Gasteiger partial charge in [0, 0.05) is 19.9 Å². The van der Waals surface area contributed by atoms with Crippen molar-refractivity contribution in [2.75, 3.05) is 0 Å². The van der Waals surface area contributed by atoms with Gasteiger partial charge >= 0.3 is 5.69 Å². The molecule has 1 saturated carbocycles. The van der Waals surface area contributed by atoms with E-state index in [1.807, 2.05) is 0 Å². The summed E-state index contributed by atoms with van der Waals surface area (Å²) in [5.74, 6) is -1.85. The molecule has 3 rings (SSSR count). The van der Waals surface area contributed by atoms with Gasteiger partial charge < -0.3 is 5.11 Å². The van der Waals surface area contributed by atoms with Crippen LogP contribution in [0.1, 0.15) is 25.0 Å². The van der Waals surface area contributed by atoms with Gasteiger partial charge in [-0.1, -0.05) is 12.1 Å². The quantitative estimate of drug-likeness (QED) is 0.344. The number of aromatic nitrogens is 3. The van der Waals surface area contributed by atoms with Crippen LogP contribution in [0.25, 0.3) is 11.4 Å². The van der Waals surface area contributed by atoms with E-state index in [1.165, 1.54) is 7.05 Å². The molecule has 1 aromatic heterocycles. The number of hydrogen-bond acceptors (Lipinski definition) is 6. The summed E-state index contributed by atoms with van der Waals surface area (Å²) < 4.78 is 1.71. The Balaban J connectivity index is 2.29. The Bertz CT molecular complexity index is 1050. The van der Waals surface area contributed by atoms with Gasteiger partial charge in [0.1, 0.15) is 5.57 Å². The zero-order valence-electron chi connectivity index (χ0n) is 13.9. The number of benzene rings is 1. The minimum atomic E-state index is -0.902. The summed E-state index contributed by atoms with van der Waals surface area (Å²) in [6.45, 7) is 0. The molecule has 1 atom stereocenters. The molecule has 26 heavy (non-hydrogen) atoms. The fourth-order valence-corrected chi connectivity index (χ4v) is 2.96. The number of ketones is 2. The van der Waals surface area contributed by atoms with Gasteiger partial charge in [-0.25, -0.2) is 14.0 Å². The number of carbonyl (C=O) groups is 2. The molecule has 1 fully saturated rings. The van der Waals surface area contributed by atoms with E-state index < -0.39 is 39.8 Å². The molecule has 134 valence electrons. The van der Waals surface area contributed by atoms with Gasteiger partial charge in [-0.3, -0.25) is 14.4 Å². The first-order valence-electron chi connectivity index (χ1n) is 7.87. The Morgan fingerprint density at radius 1 is 1.08 bits per heavy atom. The van der Waals surface area contributed by atoms with E-state index in [0.717, 1.165) is 14.6 Å². The highest BCUT2D eigenvalue weighted by Crippen LogP contribution is 2.22. The maximum Gasteiger partial charge on any atom is 0.351 e. The Morgan fingerprint density at radius 2 is 1.65 bits per heavy atom. The predicted molar refractivity (Wildman–Crippen MR) is 97.8 cm³/mol. The lowest BCUT2D eigenvalue weighted by atomic mass is 9.91. The Kier molecular flexibility index (Phi) is 4.70. The molecule has 0 amide bonds. The van der Waals surface area contributed by atoms with Crippen LogP contribution in [0.4, 0.5) is 0 Å². The largest absolute Gasteiger partial charge is 0.505 e. The molecule has 0 saturated heterocycles. The van der Waals surface area contributed by atoms with E-state index in [0.29, 0.717) is 6.42 Å². The predicted octanol–water partition coefficient (Wildman–Crippen LogP) is 0.0228. The van der Waals surface area contributed by atoms with E-state index in [2.05, 4.69) is 14.3 Å². The van der Waals surface area contributed by atoms with Crippen molar-refractivity contribution in [3.63, 3.8) is 0 Å². The summed E-state index contributed by atoms with van der Waals surface area (Å²) in [4.78, 5) is 49.2. The van der Waals surface area contributed by atoms with E-state index in [1.54, 1.807) is 24.3 Å². The second-order valence-corrected chi connectivity index (χ2v) is 6.58. The van der Waals surface area contributed by atoms with Crippen molar-refractivity contribution in [3.8, 4) is 5.69 Å². The van der Waals surface area contributed by atoms with Crippen LogP contribution in [0.2, 0.25) is 0 Å². The van der Waals surface area contributed by atoms with Gasteiger partial charge in [0.25, 0.3) is 5.56 Å². The number of hydrogen-bond donors (Lipinski definition) is 1. The monoisotopic (exact) mass is 373 g/mol. The lowest BCUT2D eigenvalue weighted by Crippen LogP contribution is -2.41. The number of nitrogens with zero attached hydrogens (tertiary/aromatic N) is 3. The fourth-order valence-electron chi connectivity index (χ4n) is 2.77. The van der Waals surface area contributed by atoms with Gasteiger partial charge in [0.2, 0.25) is 0 Å². The van der Waals surface area contributed by atoms with Crippen LogP contribution >= 0.6 is 9.24 Å². The van der Waals surface area contributed by atoms with Crippen molar-refractivity contribution < 1.29 is 14.7 Å². The topological polar surface area (TPSA) is 111 Å². The third kappa shape index (κ3) is 3.04. The molecule has 9 heteroatoms. The molecule has 0 spiro atoms. The molecule has 2 aromatic rings. The highest BCUT2D eigenvalue weighted by Gasteiger charge is 2.30. The average molecular weight is 373 g/mol. The van der Waals surface area contributed by atoms with Crippen molar-refractivity contribution in [1.29, 1.82) is 0 Å². The minimum absolute atomic E-state index is 0.112. The molecular formula is C17H16N3O5P. The van der Waals surface area contributed by atoms with Crippen molar-refractivity contribution in [2.24, 2.45) is 7.05 Å². The zero-order valence-corrected chi connectivity index (χ0v) is 15.1. The van der Waals surface area contributed by atoms with Gasteiger partial charge in [-0.05, 0) is 23.9 Å². The summed E-state index contributed by atoms with van der Waals surface area (Å²) >= 11 is 0. The summed E-state index contributed by atoms with van der Waals surface area (Å²) in [5, 5.41) is 15.1. The third-order valence-corrected chi connectivity index (χ3v) is 4.49. The molecule has 1 N–H and O–H groups in total. The van der Waals surface area contributed by atoms with Crippen LogP contribution < -0.4 is 16.6 Å². The number of Topliss-reactive ketones (excluding diaryl/α,β-unsaturated/α-hetero) is 2. The smallest absolute Gasteiger partial charge is 0.351 e. The van der Waals surface area contributed by atoms with E-state index in [9.17, 15) is 24.3 Å². The third-order valence-electron chi connectivity index (χ3n) is 4.10. The number of rotatable bonds is 2.